The summed E-state index contributed by atoms with van der Waals surface area (Å²) in [4.78, 5) is 8.40. The molecule has 2 aromatic rings. The third-order valence-electron chi connectivity index (χ3n) is 2.74. The molecule has 0 amide bonds. The highest BCUT2D eigenvalue weighted by Crippen LogP contribution is 2.21. The van der Waals surface area contributed by atoms with Gasteiger partial charge in [0.2, 0.25) is 0 Å². The monoisotopic (exact) mass is 263 g/mol. The van der Waals surface area contributed by atoms with E-state index in [-0.39, 0.29) is 11.6 Å². The average molecular weight is 263 g/mol. The zero-order valence-corrected chi connectivity index (χ0v) is 10.6. The van der Waals surface area contributed by atoms with E-state index in [4.69, 9.17) is 5.73 Å². The van der Waals surface area contributed by atoms with E-state index >= 15 is 0 Å². The Bertz CT molecular complexity index is 570. The molecule has 0 radical (unpaired) electrons. The topological polar surface area (TPSA) is 51.8 Å². The zero-order chi connectivity index (χ0) is 13.8. The average Bonchev–Trinajstić information content (AvgIpc) is 2.36. The van der Waals surface area contributed by atoms with Crippen molar-refractivity contribution in [3.63, 3.8) is 0 Å². The molecule has 0 aliphatic heterocycles. The zero-order valence-electron chi connectivity index (χ0n) is 10.6. The van der Waals surface area contributed by atoms with Crippen LogP contribution in [0.2, 0.25) is 0 Å². The van der Waals surface area contributed by atoms with Gasteiger partial charge in [0.05, 0.1) is 5.69 Å². The van der Waals surface area contributed by atoms with Crippen LogP contribution in [0.15, 0.2) is 30.5 Å². The highest BCUT2D eigenvalue weighted by atomic mass is 19.1. The van der Waals surface area contributed by atoms with E-state index in [1.807, 2.05) is 6.92 Å². The van der Waals surface area contributed by atoms with Crippen molar-refractivity contribution in [2.24, 2.45) is 5.73 Å². The van der Waals surface area contributed by atoms with Crippen molar-refractivity contribution in [3.05, 3.63) is 47.9 Å². The van der Waals surface area contributed by atoms with Gasteiger partial charge in [-0.2, -0.15) is 0 Å². The van der Waals surface area contributed by atoms with Gasteiger partial charge in [0.15, 0.2) is 0 Å². The summed E-state index contributed by atoms with van der Waals surface area (Å²) >= 11 is 0. The van der Waals surface area contributed by atoms with Gasteiger partial charge < -0.3 is 5.73 Å². The summed E-state index contributed by atoms with van der Waals surface area (Å²) in [6.45, 7) is 1.91. The molecule has 0 spiro atoms. The van der Waals surface area contributed by atoms with E-state index in [9.17, 15) is 8.78 Å². The van der Waals surface area contributed by atoms with Gasteiger partial charge in [-0.15, -0.1) is 0 Å². The van der Waals surface area contributed by atoms with Crippen LogP contribution < -0.4 is 5.73 Å². The maximum atomic E-state index is 13.7. The first-order chi connectivity index (χ1) is 9.06. The van der Waals surface area contributed by atoms with E-state index in [1.165, 1.54) is 12.1 Å². The van der Waals surface area contributed by atoms with Crippen LogP contribution in [0.4, 0.5) is 8.78 Å². The molecular weight excluding hydrogens is 248 g/mol. The third kappa shape index (κ3) is 3.54. The van der Waals surface area contributed by atoms with E-state index in [2.05, 4.69) is 9.97 Å². The number of aryl methyl sites for hydroxylation is 1. The van der Waals surface area contributed by atoms with Gasteiger partial charge in [-0.25, -0.2) is 18.7 Å². The van der Waals surface area contributed by atoms with Crippen LogP contribution in [0.1, 0.15) is 19.2 Å². The SMILES string of the molecule is CC(N)CCc1nccc(-c2ccc(F)cc2F)n1. The first kappa shape index (κ1) is 13.5. The molecule has 0 saturated heterocycles. The second-order valence-corrected chi connectivity index (χ2v) is 4.50. The number of benzene rings is 1. The van der Waals surface area contributed by atoms with Crippen molar-refractivity contribution < 1.29 is 8.78 Å². The second kappa shape index (κ2) is 5.84. The Balaban J connectivity index is 2.27. The summed E-state index contributed by atoms with van der Waals surface area (Å²) in [5, 5.41) is 0. The Kier molecular flexibility index (Phi) is 4.16. The molecule has 19 heavy (non-hydrogen) atoms. The highest BCUT2D eigenvalue weighted by Gasteiger charge is 2.09. The summed E-state index contributed by atoms with van der Waals surface area (Å²) in [5.74, 6) is -0.622. The molecule has 0 bridgehead atoms. The number of aromatic nitrogens is 2. The van der Waals surface area contributed by atoms with E-state index in [0.717, 1.165) is 12.5 Å². The summed E-state index contributed by atoms with van der Waals surface area (Å²) in [5.41, 5.74) is 6.39. The third-order valence-corrected chi connectivity index (χ3v) is 2.74. The van der Waals surface area contributed by atoms with Crippen LogP contribution in [0.5, 0.6) is 0 Å². The molecule has 5 heteroatoms. The lowest BCUT2D eigenvalue weighted by molar-refractivity contribution is 0.585. The van der Waals surface area contributed by atoms with Gasteiger partial charge in [0, 0.05) is 30.3 Å². The largest absolute Gasteiger partial charge is 0.328 e. The molecule has 1 atom stereocenters. The van der Waals surface area contributed by atoms with Crippen LogP contribution in [0, 0.1) is 11.6 Å². The summed E-state index contributed by atoms with van der Waals surface area (Å²) in [7, 11) is 0. The number of hydrogen-bond acceptors (Lipinski definition) is 3. The van der Waals surface area contributed by atoms with Gasteiger partial charge >= 0.3 is 0 Å². The van der Waals surface area contributed by atoms with Crippen molar-refractivity contribution in [1.82, 2.24) is 9.97 Å². The second-order valence-electron chi connectivity index (χ2n) is 4.50. The van der Waals surface area contributed by atoms with Crippen LogP contribution in [0.25, 0.3) is 11.3 Å². The van der Waals surface area contributed by atoms with Gasteiger partial charge in [0.25, 0.3) is 0 Å². The predicted octanol–water partition coefficient (Wildman–Crippen LogP) is 2.70. The molecule has 1 unspecified atom stereocenters. The number of nitrogens with zero attached hydrogens (tertiary/aromatic N) is 2. The fourth-order valence-electron chi connectivity index (χ4n) is 1.72. The van der Waals surface area contributed by atoms with Crippen LogP contribution in [0.3, 0.4) is 0 Å². The maximum absolute atomic E-state index is 13.7. The lowest BCUT2D eigenvalue weighted by Crippen LogP contribution is -2.16. The Hall–Kier alpha value is -1.88. The lowest BCUT2D eigenvalue weighted by Gasteiger charge is -2.06. The molecule has 3 nitrogen and oxygen atoms in total. The van der Waals surface area contributed by atoms with E-state index in [1.54, 1.807) is 12.3 Å². The fraction of sp³-hybridized carbons (Fsp3) is 0.286. The molecule has 1 aromatic carbocycles. The number of rotatable bonds is 4. The van der Waals surface area contributed by atoms with E-state index < -0.39 is 11.6 Å². The Morgan fingerprint density at radius 2 is 2.05 bits per heavy atom. The van der Waals surface area contributed by atoms with Gasteiger partial charge in [-0.1, -0.05) is 0 Å². The molecule has 2 N–H and O–H groups in total. The van der Waals surface area contributed by atoms with Crippen LogP contribution in [-0.4, -0.2) is 16.0 Å². The van der Waals surface area contributed by atoms with Gasteiger partial charge in [-0.3, -0.25) is 0 Å². The summed E-state index contributed by atoms with van der Waals surface area (Å²) in [6, 6.07) is 5.10. The van der Waals surface area contributed by atoms with Crippen molar-refractivity contribution in [3.8, 4) is 11.3 Å². The maximum Gasteiger partial charge on any atom is 0.135 e. The molecule has 0 saturated carbocycles. The lowest BCUT2D eigenvalue weighted by atomic mass is 10.1. The first-order valence-electron chi connectivity index (χ1n) is 6.09. The minimum Gasteiger partial charge on any atom is -0.328 e. The predicted molar refractivity (Wildman–Crippen MR) is 69.4 cm³/mol. The fourth-order valence-corrected chi connectivity index (χ4v) is 1.72. The molecule has 2 rings (SSSR count). The van der Waals surface area contributed by atoms with Crippen molar-refractivity contribution >= 4 is 0 Å². The molecule has 0 fully saturated rings. The smallest absolute Gasteiger partial charge is 0.135 e. The van der Waals surface area contributed by atoms with E-state index in [0.29, 0.717) is 17.9 Å². The number of hydrogen-bond donors (Lipinski definition) is 1. The number of nitrogens with two attached hydrogens (primary N) is 1. The summed E-state index contributed by atoms with van der Waals surface area (Å²) in [6.07, 6.45) is 2.96. The summed E-state index contributed by atoms with van der Waals surface area (Å²) < 4.78 is 26.5. The van der Waals surface area contributed by atoms with Crippen LogP contribution >= 0.6 is 0 Å². The molecule has 1 aromatic heterocycles. The molecule has 0 aliphatic carbocycles. The standard InChI is InChI=1S/C14H15F2N3/c1-9(17)2-5-14-18-7-6-13(19-14)11-4-3-10(15)8-12(11)16/h3-4,6-9H,2,5,17H2,1H3. The minimum absolute atomic E-state index is 0.0646. The molecular formula is C14H15F2N3. The quantitative estimate of drug-likeness (QED) is 0.922. The molecule has 100 valence electrons. The normalized spacial score (nSPS) is 12.4. The van der Waals surface area contributed by atoms with Crippen molar-refractivity contribution in [1.29, 1.82) is 0 Å². The van der Waals surface area contributed by atoms with Crippen molar-refractivity contribution in [2.75, 3.05) is 0 Å². The Morgan fingerprint density at radius 3 is 2.74 bits per heavy atom. The first-order valence-corrected chi connectivity index (χ1v) is 6.09. The van der Waals surface area contributed by atoms with Gasteiger partial charge in [0.1, 0.15) is 17.5 Å². The Labute approximate surface area is 110 Å². The van der Waals surface area contributed by atoms with Crippen molar-refractivity contribution in [2.45, 2.75) is 25.8 Å². The Morgan fingerprint density at radius 1 is 1.26 bits per heavy atom. The molecule has 0 aliphatic rings. The number of halogens is 2. The van der Waals surface area contributed by atoms with Crippen LogP contribution in [-0.2, 0) is 6.42 Å². The molecule has 1 heterocycles. The minimum atomic E-state index is -0.628. The van der Waals surface area contributed by atoms with Gasteiger partial charge in [-0.05, 0) is 31.5 Å². The highest BCUT2D eigenvalue weighted by molar-refractivity contribution is 5.59.